The van der Waals surface area contributed by atoms with Crippen molar-refractivity contribution in [1.82, 2.24) is 15.1 Å². The summed E-state index contributed by atoms with van der Waals surface area (Å²) in [5.74, 6) is 0.0660. The monoisotopic (exact) mass is 261 g/mol. The number of hydrogen-bond acceptors (Lipinski definition) is 5. The molecule has 1 N–H and O–H groups in total. The van der Waals surface area contributed by atoms with E-state index < -0.39 is 11.4 Å². The highest BCUT2D eigenvalue weighted by Crippen LogP contribution is 2.26. The Labute approximate surface area is 110 Å². The van der Waals surface area contributed by atoms with Gasteiger partial charge >= 0.3 is 5.97 Å². The van der Waals surface area contributed by atoms with Gasteiger partial charge in [-0.1, -0.05) is 19.0 Å². The molecule has 2 aromatic rings. The largest absolute Gasteiger partial charge is 0.481 e. The third kappa shape index (κ3) is 3.61. The van der Waals surface area contributed by atoms with Gasteiger partial charge in [-0.3, -0.25) is 9.78 Å². The molecule has 0 fully saturated rings. The molecule has 2 rings (SSSR count). The Kier molecular flexibility index (Phi) is 3.59. The van der Waals surface area contributed by atoms with Gasteiger partial charge in [0.05, 0.1) is 6.42 Å². The number of carboxylic acid groups (broad SMARTS) is 1. The van der Waals surface area contributed by atoms with Crippen LogP contribution in [-0.4, -0.2) is 26.2 Å². The van der Waals surface area contributed by atoms with Gasteiger partial charge in [0.25, 0.3) is 0 Å². The van der Waals surface area contributed by atoms with Crippen molar-refractivity contribution < 1.29 is 14.4 Å². The summed E-state index contributed by atoms with van der Waals surface area (Å²) in [4.78, 5) is 19.0. The zero-order valence-electron chi connectivity index (χ0n) is 10.8. The van der Waals surface area contributed by atoms with Crippen LogP contribution in [0.2, 0.25) is 0 Å². The molecule has 0 radical (unpaired) electrons. The van der Waals surface area contributed by atoms with Gasteiger partial charge in [-0.15, -0.1) is 0 Å². The smallest absolute Gasteiger partial charge is 0.303 e. The SMILES string of the molecule is CC(C)(CC(=O)O)Cc1nc(-c2cccnc2)no1. The highest BCUT2D eigenvalue weighted by molar-refractivity contribution is 5.67. The number of nitrogens with zero attached hydrogens (tertiary/aromatic N) is 3. The summed E-state index contributed by atoms with van der Waals surface area (Å²) in [6.45, 7) is 3.71. The van der Waals surface area contributed by atoms with Crippen LogP contribution in [0.25, 0.3) is 11.4 Å². The second-order valence-corrected chi connectivity index (χ2v) is 5.16. The molecule has 2 heterocycles. The van der Waals surface area contributed by atoms with Gasteiger partial charge < -0.3 is 9.63 Å². The third-order valence-corrected chi connectivity index (χ3v) is 2.65. The highest BCUT2D eigenvalue weighted by Gasteiger charge is 2.25. The molecule has 0 saturated heterocycles. The Balaban J connectivity index is 2.12. The maximum absolute atomic E-state index is 10.8. The number of pyridine rings is 1. The molecule has 0 atom stereocenters. The number of carboxylic acids is 1. The summed E-state index contributed by atoms with van der Waals surface area (Å²) < 4.78 is 5.15. The van der Waals surface area contributed by atoms with Crippen molar-refractivity contribution in [3.05, 3.63) is 30.4 Å². The van der Waals surface area contributed by atoms with Crippen molar-refractivity contribution in [3.8, 4) is 11.4 Å². The molecule has 100 valence electrons. The Morgan fingerprint density at radius 3 is 2.89 bits per heavy atom. The van der Waals surface area contributed by atoms with E-state index in [1.807, 2.05) is 19.9 Å². The van der Waals surface area contributed by atoms with Crippen LogP contribution in [0.15, 0.2) is 29.0 Å². The van der Waals surface area contributed by atoms with Crippen molar-refractivity contribution in [2.45, 2.75) is 26.7 Å². The van der Waals surface area contributed by atoms with Crippen LogP contribution in [0.4, 0.5) is 0 Å². The molecule has 0 unspecified atom stereocenters. The quantitative estimate of drug-likeness (QED) is 0.887. The maximum atomic E-state index is 10.8. The number of rotatable bonds is 5. The number of aromatic nitrogens is 3. The van der Waals surface area contributed by atoms with Gasteiger partial charge in [0, 0.05) is 24.4 Å². The average molecular weight is 261 g/mol. The summed E-state index contributed by atoms with van der Waals surface area (Å²) in [5, 5.41) is 12.7. The van der Waals surface area contributed by atoms with Crippen LogP contribution in [0.3, 0.4) is 0 Å². The lowest BCUT2D eigenvalue weighted by Gasteiger charge is -2.19. The fraction of sp³-hybridized carbons (Fsp3) is 0.385. The van der Waals surface area contributed by atoms with Crippen LogP contribution in [0.1, 0.15) is 26.2 Å². The molecular formula is C13H15N3O3. The van der Waals surface area contributed by atoms with Gasteiger partial charge in [0.15, 0.2) is 0 Å². The van der Waals surface area contributed by atoms with E-state index in [-0.39, 0.29) is 6.42 Å². The van der Waals surface area contributed by atoms with E-state index in [4.69, 9.17) is 9.63 Å². The molecule has 0 aliphatic rings. The first-order valence-corrected chi connectivity index (χ1v) is 5.91. The zero-order chi connectivity index (χ0) is 13.9. The van der Waals surface area contributed by atoms with Crippen LogP contribution in [-0.2, 0) is 11.2 Å². The first-order chi connectivity index (χ1) is 8.96. The lowest BCUT2D eigenvalue weighted by atomic mass is 9.86. The Hall–Kier alpha value is -2.24. The van der Waals surface area contributed by atoms with E-state index >= 15 is 0 Å². The third-order valence-electron chi connectivity index (χ3n) is 2.65. The van der Waals surface area contributed by atoms with E-state index in [9.17, 15) is 4.79 Å². The van der Waals surface area contributed by atoms with Gasteiger partial charge in [-0.05, 0) is 17.5 Å². The molecule has 19 heavy (non-hydrogen) atoms. The fourth-order valence-electron chi connectivity index (χ4n) is 1.82. The van der Waals surface area contributed by atoms with Gasteiger partial charge in [0.2, 0.25) is 11.7 Å². The molecule has 0 aliphatic heterocycles. The standard InChI is InChI=1S/C13H15N3O3/c1-13(2,7-11(17)18)6-10-15-12(16-19-10)9-4-3-5-14-8-9/h3-5,8H,6-7H2,1-2H3,(H,17,18). The minimum absolute atomic E-state index is 0.0532. The summed E-state index contributed by atoms with van der Waals surface area (Å²) in [5.41, 5.74) is 0.346. The molecule has 0 aliphatic carbocycles. The first-order valence-electron chi connectivity index (χ1n) is 5.91. The minimum Gasteiger partial charge on any atom is -0.481 e. The van der Waals surface area contributed by atoms with Crippen LogP contribution in [0.5, 0.6) is 0 Å². The van der Waals surface area contributed by atoms with Crippen LogP contribution < -0.4 is 0 Å². The summed E-state index contributed by atoms with van der Waals surface area (Å²) >= 11 is 0. The predicted octanol–water partition coefficient (Wildman–Crippen LogP) is 2.17. The molecule has 0 saturated carbocycles. The number of carbonyl (C=O) groups is 1. The molecule has 0 bridgehead atoms. The van der Waals surface area contributed by atoms with E-state index in [2.05, 4.69) is 15.1 Å². The van der Waals surface area contributed by atoms with Crippen molar-refractivity contribution in [2.24, 2.45) is 5.41 Å². The predicted molar refractivity (Wildman–Crippen MR) is 67.3 cm³/mol. The van der Waals surface area contributed by atoms with Crippen molar-refractivity contribution >= 4 is 5.97 Å². The van der Waals surface area contributed by atoms with Gasteiger partial charge in [-0.2, -0.15) is 4.98 Å². The van der Waals surface area contributed by atoms with Crippen molar-refractivity contribution in [1.29, 1.82) is 0 Å². The molecule has 6 heteroatoms. The lowest BCUT2D eigenvalue weighted by molar-refractivity contribution is -0.139. The molecule has 0 spiro atoms. The Morgan fingerprint density at radius 2 is 2.26 bits per heavy atom. The summed E-state index contributed by atoms with van der Waals surface area (Å²) in [7, 11) is 0. The van der Waals surface area contributed by atoms with Crippen LogP contribution in [0, 0.1) is 5.41 Å². The molecule has 0 aromatic carbocycles. The molecule has 0 amide bonds. The highest BCUT2D eigenvalue weighted by atomic mass is 16.5. The topological polar surface area (TPSA) is 89.1 Å². The second-order valence-electron chi connectivity index (χ2n) is 5.16. The van der Waals surface area contributed by atoms with E-state index in [0.717, 1.165) is 5.56 Å². The van der Waals surface area contributed by atoms with Gasteiger partial charge in [-0.25, -0.2) is 0 Å². The van der Waals surface area contributed by atoms with Gasteiger partial charge in [0.1, 0.15) is 0 Å². The minimum atomic E-state index is -0.836. The normalized spacial score (nSPS) is 11.5. The first kappa shape index (κ1) is 13.2. The van der Waals surface area contributed by atoms with E-state index in [0.29, 0.717) is 18.1 Å². The van der Waals surface area contributed by atoms with Crippen molar-refractivity contribution in [3.63, 3.8) is 0 Å². The summed E-state index contributed by atoms with van der Waals surface area (Å²) in [6, 6.07) is 3.63. The molecule has 6 nitrogen and oxygen atoms in total. The maximum Gasteiger partial charge on any atom is 0.303 e. The molecule has 2 aromatic heterocycles. The van der Waals surface area contributed by atoms with E-state index in [1.165, 1.54) is 0 Å². The molecular weight excluding hydrogens is 246 g/mol. The fourth-order valence-corrected chi connectivity index (χ4v) is 1.82. The number of aliphatic carboxylic acids is 1. The van der Waals surface area contributed by atoms with Crippen LogP contribution >= 0.6 is 0 Å². The van der Waals surface area contributed by atoms with E-state index in [1.54, 1.807) is 18.5 Å². The number of hydrogen-bond donors (Lipinski definition) is 1. The lowest BCUT2D eigenvalue weighted by Crippen LogP contribution is -2.19. The Morgan fingerprint density at radius 1 is 1.47 bits per heavy atom. The Bertz CT molecular complexity index is 564. The zero-order valence-corrected chi connectivity index (χ0v) is 10.8. The average Bonchev–Trinajstić information content (AvgIpc) is 2.76. The second kappa shape index (κ2) is 5.17. The summed E-state index contributed by atoms with van der Waals surface area (Å²) in [6.07, 6.45) is 3.79. The van der Waals surface area contributed by atoms with Crippen molar-refractivity contribution in [2.75, 3.05) is 0 Å².